The van der Waals surface area contributed by atoms with Crippen molar-refractivity contribution < 1.29 is 13.9 Å². The summed E-state index contributed by atoms with van der Waals surface area (Å²) in [6.07, 6.45) is 4.87. The average molecular weight is 359 g/mol. The number of fused-ring (bicyclic) bond motifs is 1. The molecule has 0 radical (unpaired) electrons. The van der Waals surface area contributed by atoms with Gasteiger partial charge in [0.1, 0.15) is 0 Å². The Labute approximate surface area is 151 Å². The van der Waals surface area contributed by atoms with Gasteiger partial charge in [0.15, 0.2) is 5.82 Å². The van der Waals surface area contributed by atoms with Crippen molar-refractivity contribution in [2.24, 2.45) is 5.92 Å². The highest BCUT2D eigenvalue weighted by Crippen LogP contribution is 2.23. The van der Waals surface area contributed by atoms with Crippen LogP contribution in [0.2, 0.25) is 0 Å². The molecular formula is C18H22FN5O2. The van der Waals surface area contributed by atoms with Crippen molar-refractivity contribution in [1.82, 2.24) is 19.4 Å². The zero-order valence-corrected chi connectivity index (χ0v) is 14.6. The predicted octanol–water partition coefficient (Wildman–Crippen LogP) is 1.30. The molecule has 0 saturated carbocycles. The largest absolute Gasteiger partial charge is 0.378 e. The summed E-state index contributed by atoms with van der Waals surface area (Å²) in [5.74, 6) is 0.331. The lowest BCUT2D eigenvalue weighted by atomic mass is 10.0. The van der Waals surface area contributed by atoms with Crippen LogP contribution in [0.3, 0.4) is 0 Å². The number of halogens is 1. The maximum atomic E-state index is 13.2. The summed E-state index contributed by atoms with van der Waals surface area (Å²) in [5.41, 5.74) is 1.14. The summed E-state index contributed by atoms with van der Waals surface area (Å²) >= 11 is 0. The molecular weight excluding hydrogens is 337 g/mol. The lowest BCUT2D eigenvalue weighted by molar-refractivity contribution is -0.136. The number of carbonyl (C=O) groups is 1. The zero-order valence-electron chi connectivity index (χ0n) is 14.6. The van der Waals surface area contributed by atoms with Crippen LogP contribution in [0.1, 0.15) is 12.1 Å². The van der Waals surface area contributed by atoms with Gasteiger partial charge in [0.2, 0.25) is 11.9 Å². The standard InChI is InChI=1S/C18H22FN5O2/c19-15-9-20-18(21-10-15)24-12-14(11-23-3-1-2-16(23)13-24)8-17(25)22-4-6-26-7-5-22/h1-3,9-10,14H,4-8,11-13H2. The molecule has 26 heavy (non-hydrogen) atoms. The maximum absolute atomic E-state index is 13.2. The first kappa shape index (κ1) is 17.0. The SMILES string of the molecule is O=C(CC1CN(c2ncc(F)cn2)Cc2cccn2C1)N1CCOCC1. The minimum Gasteiger partial charge on any atom is -0.378 e. The first-order chi connectivity index (χ1) is 12.7. The number of hydrogen-bond acceptors (Lipinski definition) is 5. The molecule has 1 amide bonds. The van der Waals surface area contributed by atoms with Gasteiger partial charge in [-0.15, -0.1) is 0 Å². The Bertz CT molecular complexity index is 757. The van der Waals surface area contributed by atoms with Crippen LogP contribution < -0.4 is 4.90 Å². The van der Waals surface area contributed by atoms with Crippen molar-refractivity contribution in [2.75, 3.05) is 37.7 Å². The van der Waals surface area contributed by atoms with E-state index in [1.165, 1.54) is 12.4 Å². The third-order valence-electron chi connectivity index (χ3n) is 4.93. The smallest absolute Gasteiger partial charge is 0.225 e. The number of aromatic nitrogens is 3. The number of hydrogen-bond donors (Lipinski definition) is 0. The fraction of sp³-hybridized carbons (Fsp3) is 0.500. The van der Waals surface area contributed by atoms with Crippen LogP contribution in [0.5, 0.6) is 0 Å². The molecule has 7 nitrogen and oxygen atoms in total. The van der Waals surface area contributed by atoms with Crippen LogP contribution in [-0.2, 0) is 22.6 Å². The molecule has 2 aromatic heterocycles. The van der Waals surface area contributed by atoms with Crippen LogP contribution in [0, 0.1) is 11.7 Å². The van der Waals surface area contributed by atoms with Crippen molar-refractivity contribution in [3.05, 3.63) is 42.2 Å². The minimum atomic E-state index is -0.453. The van der Waals surface area contributed by atoms with E-state index in [1.54, 1.807) is 0 Å². The van der Waals surface area contributed by atoms with Gasteiger partial charge in [-0.3, -0.25) is 4.79 Å². The van der Waals surface area contributed by atoms with Gasteiger partial charge in [0.25, 0.3) is 0 Å². The van der Waals surface area contributed by atoms with E-state index in [0.717, 1.165) is 12.2 Å². The van der Waals surface area contributed by atoms with Gasteiger partial charge < -0.3 is 19.1 Å². The lowest BCUT2D eigenvalue weighted by Crippen LogP contribution is -2.42. The number of morpholine rings is 1. The van der Waals surface area contributed by atoms with Gasteiger partial charge in [0.05, 0.1) is 32.2 Å². The van der Waals surface area contributed by atoms with Crippen molar-refractivity contribution in [3.63, 3.8) is 0 Å². The van der Waals surface area contributed by atoms with E-state index >= 15 is 0 Å². The van der Waals surface area contributed by atoms with Crippen molar-refractivity contribution in [1.29, 1.82) is 0 Å². The van der Waals surface area contributed by atoms with Gasteiger partial charge >= 0.3 is 0 Å². The number of anilines is 1. The Balaban J connectivity index is 1.52. The zero-order chi connectivity index (χ0) is 17.9. The van der Waals surface area contributed by atoms with Crippen molar-refractivity contribution >= 4 is 11.9 Å². The number of nitrogens with zero attached hydrogens (tertiary/aromatic N) is 5. The van der Waals surface area contributed by atoms with Gasteiger partial charge in [0, 0.05) is 50.4 Å². The summed E-state index contributed by atoms with van der Waals surface area (Å²) in [4.78, 5) is 24.8. The van der Waals surface area contributed by atoms with Crippen LogP contribution in [0.4, 0.5) is 10.3 Å². The fourth-order valence-electron chi connectivity index (χ4n) is 3.62. The highest BCUT2D eigenvalue weighted by molar-refractivity contribution is 5.76. The van der Waals surface area contributed by atoms with Crippen molar-refractivity contribution in [2.45, 2.75) is 19.5 Å². The average Bonchev–Trinajstić information content (AvgIpc) is 3.02. The highest BCUT2D eigenvalue weighted by Gasteiger charge is 2.27. The van der Waals surface area contributed by atoms with Gasteiger partial charge in [-0.2, -0.15) is 0 Å². The van der Waals surface area contributed by atoms with E-state index in [1.807, 2.05) is 22.1 Å². The second-order valence-electron chi connectivity index (χ2n) is 6.80. The third kappa shape index (κ3) is 3.70. The van der Waals surface area contributed by atoms with E-state index < -0.39 is 5.82 Å². The molecule has 0 spiro atoms. The molecule has 1 fully saturated rings. The highest BCUT2D eigenvalue weighted by atomic mass is 19.1. The Kier molecular flexibility index (Phi) is 4.83. The monoisotopic (exact) mass is 359 g/mol. The Hall–Kier alpha value is -2.48. The lowest BCUT2D eigenvalue weighted by Gasteiger charge is -2.29. The molecule has 1 atom stereocenters. The van der Waals surface area contributed by atoms with E-state index in [-0.39, 0.29) is 11.8 Å². The molecule has 4 rings (SSSR count). The van der Waals surface area contributed by atoms with E-state index in [2.05, 4.69) is 20.6 Å². The van der Waals surface area contributed by atoms with E-state index in [0.29, 0.717) is 51.8 Å². The molecule has 0 bridgehead atoms. The summed E-state index contributed by atoms with van der Waals surface area (Å²) in [5, 5.41) is 0. The molecule has 0 aliphatic carbocycles. The first-order valence-electron chi connectivity index (χ1n) is 8.91. The summed E-state index contributed by atoms with van der Waals surface area (Å²) in [6.45, 7) is 4.60. The van der Waals surface area contributed by atoms with Crippen LogP contribution in [-0.4, -0.2) is 58.2 Å². The second-order valence-corrected chi connectivity index (χ2v) is 6.80. The molecule has 2 aliphatic heterocycles. The number of rotatable bonds is 3. The molecule has 1 saturated heterocycles. The van der Waals surface area contributed by atoms with E-state index in [4.69, 9.17) is 4.74 Å². The number of ether oxygens (including phenoxy) is 1. The molecule has 8 heteroatoms. The summed E-state index contributed by atoms with van der Waals surface area (Å²) in [6, 6.07) is 4.06. The summed E-state index contributed by atoms with van der Waals surface area (Å²) in [7, 11) is 0. The number of carbonyl (C=O) groups excluding carboxylic acids is 1. The Morgan fingerprint density at radius 3 is 2.77 bits per heavy atom. The minimum absolute atomic E-state index is 0.132. The fourth-order valence-corrected chi connectivity index (χ4v) is 3.62. The van der Waals surface area contributed by atoms with Gasteiger partial charge in [-0.1, -0.05) is 0 Å². The van der Waals surface area contributed by atoms with Gasteiger partial charge in [-0.05, 0) is 12.1 Å². The quantitative estimate of drug-likeness (QED) is 0.827. The molecule has 1 unspecified atom stereocenters. The predicted molar refractivity (Wildman–Crippen MR) is 93.0 cm³/mol. The van der Waals surface area contributed by atoms with Crippen LogP contribution in [0.25, 0.3) is 0 Å². The molecule has 2 aromatic rings. The molecule has 0 N–H and O–H groups in total. The van der Waals surface area contributed by atoms with Gasteiger partial charge in [-0.25, -0.2) is 14.4 Å². The van der Waals surface area contributed by atoms with Crippen LogP contribution >= 0.6 is 0 Å². The normalized spacial score (nSPS) is 20.6. The molecule has 2 aliphatic rings. The Morgan fingerprint density at radius 1 is 1.23 bits per heavy atom. The molecule has 4 heterocycles. The Morgan fingerprint density at radius 2 is 2.00 bits per heavy atom. The van der Waals surface area contributed by atoms with Crippen LogP contribution in [0.15, 0.2) is 30.7 Å². The summed E-state index contributed by atoms with van der Waals surface area (Å²) < 4.78 is 20.7. The van der Waals surface area contributed by atoms with E-state index in [9.17, 15) is 9.18 Å². The maximum Gasteiger partial charge on any atom is 0.225 e. The second kappa shape index (κ2) is 7.41. The molecule has 0 aromatic carbocycles. The topological polar surface area (TPSA) is 63.5 Å². The third-order valence-corrected chi connectivity index (χ3v) is 4.93. The van der Waals surface area contributed by atoms with Crippen molar-refractivity contribution in [3.8, 4) is 0 Å². The first-order valence-corrected chi connectivity index (χ1v) is 8.91. The molecule has 138 valence electrons. The number of amides is 1.